The van der Waals surface area contributed by atoms with Crippen molar-refractivity contribution in [2.75, 3.05) is 28.2 Å². The van der Waals surface area contributed by atoms with Crippen LogP contribution in [0.3, 0.4) is 0 Å². The smallest absolute Gasteiger partial charge is 0.315 e. The third-order valence-corrected chi connectivity index (χ3v) is 4.39. The lowest BCUT2D eigenvalue weighted by atomic mass is 10.5. The average molecular weight is 277 g/mol. The van der Waals surface area contributed by atoms with Crippen LogP contribution in [0, 0.1) is 0 Å². The second-order valence-corrected chi connectivity index (χ2v) is 11.9. The quantitative estimate of drug-likeness (QED) is 0.250. The first kappa shape index (κ1) is 16.8. The van der Waals surface area contributed by atoms with E-state index in [1.807, 2.05) is 14.1 Å². The Kier molecular flexibility index (Phi) is 6.06. The maximum absolute atomic E-state index is 6.21. The van der Waals surface area contributed by atoms with Crippen LogP contribution in [-0.2, 0) is 4.53 Å². The molecule has 0 aromatic heterocycles. The van der Waals surface area contributed by atoms with Crippen molar-refractivity contribution >= 4 is 24.5 Å². The largest absolute Gasteiger partial charge is 0.331 e. The Labute approximate surface area is 111 Å². The van der Waals surface area contributed by atoms with Crippen LogP contribution < -0.4 is 0 Å². The lowest BCUT2D eigenvalue weighted by Gasteiger charge is -2.35. The Balaban J connectivity index is 5.12. The minimum absolute atomic E-state index is 0.418. The first-order valence-electron chi connectivity index (χ1n) is 6.30. The Bertz CT molecular complexity index is 272. The van der Waals surface area contributed by atoms with Gasteiger partial charge in [0.05, 0.1) is 0 Å². The predicted octanol–water partition coefficient (Wildman–Crippen LogP) is 0.848. The van der Waals surface area contributed by atoms with E-state index < -0.39 is 8.32 Å². The number of quaternary nitrogens is 1. The molecule has 1 atom stereocenters. The van der Waals surface area contributed by atoms with Crippen molar-refractivity contribution in [1.82, 2.24) is 4.90 Å². The molecular formula is C11H30N3OSi2+. The van der Waals surface area contributed by atoms with E-state index in [0.29, 0.717) is 10.3 Å². The molecule has 0 aliphatic heterocycles. The lowest BCUT2D eigenvalue weighted by Crippen LogP contribution is -2.56. The maximum atomic E-state index is 6.21. The SMILES string of the molecule is CCC([SiH3])N=C(N(C)C)[N+](C)(C)O[Si](C)(C)C. The molecule has 102 valence electrons. The van der Waals surface area contributed by atoms with Gasteiger partial charge in [0, 0.05) is 30.0 Å². The number of hydroxylamine groups is 3. The standard InChI is InChI=1S/C11H30N3OSi2/c1-9-10(16)12-11(13(2)3)14(4,5)15-17(6,7)8/h10H,9H2,1-8,16H3/q+1. The molecule has 0 aliphatic carbocycles. The van der Waals surface area contributed by atoms with Gasteiger partial charge >= 0.3 is 5.96 Å². The normalized spacial score (nSPS) is 16.1. The number of guanidine groups is 1. The lowest BCUT2D eigenvalue weighted by molar-refractivity contribution is -0.985. The van der Waals surface area contributed by atoms with Gasteiger partial charge < -0.3 is 4.90 Å². The maximum Gasteiger partial charge on any atom is 0.331 e. The highest BCUT2D eigenvalue weighted by atomic mass is 28.4. The van der Waals surface area contributed by atoms with Gasteiger partial charge in [0.2, 0.25) is 0 Å². The summed E-state index contributed by atoms with van der Waals surface area (Å²) >= 11 is 0. The second kappa shape index (κ2) is 6.13. The molecule has 0 aromatic rings. The first-order chi connectivity index (χ1) is 7.49. The summed E-state index contributed by atoms with van der Waals surface area (Å²) in [5.74, 6) is 1.01. The van der Waals surface area contributed by atoms with E-state index in [1.54, 1.807) is 0 Å². The number of aliphatic imine (C=N–C) groups is 1. The van der Waals surface area contributed by atoms with Crippen LogP contribution in [-0.4, -0.2) is 67.9 Å². The molecule has 0 rings (SSSR count). The molecule has 0 aliphatic rings. The first-order valence-corrected chi connectivity index (χ1v) is 10.9. The minimum Gasteiger partial charge on any atom is -0.315 e. The molecule has 0 amide bonds. The Morgan fingerprint density at radius 2 is 1.82 bits per heavy atom. The topological polar surface area (TPSA) is 24.8 Å². The van der Waals surface area contributed by atoms with Crippen molar-refractivity contribution in [2.45, 2.75) is 38.7 Å². The van der Waals surface area contributed by atoms with Crippen molar-refractivity contribution < 1.29 is 9.17 Å². The van der Waals surface area contributed by atoms with Crippen LogP contribution >= 0.6 is 0 Å². The fourth-order valence-corrected chi connectivity index (χ4v) is 3.43. The molecule has 0 radical (unpaired) electrons. The molecular weight excluding hydrogens is 246 g/mol. The molecule has 6 heteroatoms. The van der Waals surface area contributed by atoms with Crippen LogP contribution in [0.4, 0.5) is 0 Å². The molecule has 0 heterocycles. The van der Waals surface area contributed by atoms with Crippen molar-refractivity contribution in [3.05, 3.63) is 0 Å². The number of rotatable bonds is 4. The average Bonchev–Trinajstić information content (AvgIpc) is 2.08. The summed E-state index contributed by atoms with van der Waals surface area (Å²) in [6.07, 6.45) is 1.11. The highest BCUT2D eigenvalue weighted by Gasteiger charge is 2.35. The van der Waals surface area contributed by atoms with E-state index >= 15 is 0 Å². The van der Waals surface area contributed by atoms with Gasteiger partial charge in [0.1, 0.15) is 14.1 Å². The molecule has 0 saturated heterocycles. The molecule has 0 bridgehead atoms. The summed E-state index contributed by atoms with van der Waals surface area (Å²) in [6.45, 7) is 8.81. The third-order valence-electron chi connectivity index (χ3n) is 2.31. The highest BCUT2D eigenvalue weighted by molar-refractivity contribution is 6.69. The summed E-state index contributed by atoms with van der Waals surface area (Å²) in [5.41, 5.74) is 0.468. The Morgan fingerprint density at radius 1 is 1.35 bits per heavy atom. The monoisotopic (exact) mass is 276 g/mol. The van der Waals surface area contributed by atoms with Gasteiger partial charge in [-0.05, 0) is 26.1 Å². The van der Waals surface area contributed by atoms with Gasteiger partial charge in [-0.1, -0.05) is 6.92 Å². The van der Waals surface area contributed by atoms with E-state index in [9.17, 15) is 0 Å². The highest BCUT2D eigenvalue weighted by Crippen LogP contribution is 2.14. The molecule has 17 heavy (non-hydrogen) atoms. The zero-order valence-electron chi connectivity index (χ0n) is 13.0. The summed E-state index contributed by atoms with van der Waals surface area (Å²) in [7, 11) is 7.72. The second-order valence-electron chi connectivity index (χ2n) is 6.14. The fourth-order valence-electron chi connectivity index (χ4n) is 1.75. The van der Waals surface area contributed by atoms with Crippen molar-refractivity contribution in [2.24, 2.45) is 4.99 Å². The Morgan fingerprint density at radius 3 is 2.12 bits per heavy atom. The Hall–Kier alpha value is -0.176. The van der Waals surface area contributed by atoms with E-state index in [1.165, 1.54) is 0 Å². The molecule has 1 unspecified atom stereocenters. The van der Waals surface area contributed by atoms with E-state index in [0.717, 1.165) is 22.6 Å². The zero-order chi connectivity index (χ0) is 13.9. The van der Waals surface area contributed by atoms with Crippen molar-refractivity contribution in [1.29, 1.82) is 0 Å². The van der Waals surface area contributed by atoms with Crippen LogP contribution in [0.2, 0.25) is 19.6 Å². The number of nitrogens with zero attached hydrogens (tertiary/aromatic N) is 3. The summed E-state index contributed by atoms with van der Waals surface area (Å²) < 4.78 is 6.63. The zero-order valence-corrected chi connectivity index (χ0v) is 16.0. The summed E-state index contributed by atoms with van der Waals surface area (Å²) in [5, 5.41) is 0. The fraction of sp³-hybridized carbons (Fsp3) is 0.909. The molecule has 4 nitrogen and oxygen atoms in total. The van der Waals surface area contributed by atoms with Gasteiger partial charge in [0.25, 0.3) is 8.32 Å². The van der Waals surface area contributed by atoms with E-state index in [2.05, 4.69) is 45.6 Å². The van der Waals surface area contributed by atoms with Gasteiger partial charge in [-0.2, -0.15) is 0 Å². The minimum atomic E-state index is -1.59. The van der Waals surface area contributed by atoms with Crippen LogP contribution in [0.25, 0.3) is 0 Å². The van der Waals surface area contributed by atoms with E-state index in [4.69, 9.17) is 9.52 Å². The molecule has 0 saturated carbocycles. The van der Waals surface area contributed by atoms with Crippen LogP contribution in [0.5, 0.6) is 0 Å². The van der Waals surface area contributed by atoms with Gasteiger partial charge in [-0.25, -0.2) is 4.99 Å². The van der Waals surface area contributed by atoms with Crippen LogP contribution in [0.1, 0.15) is 13.3 Å². The van der Waals surface area contributed by atoms with Crippen molar-refractivity contribution in [3.63, 3.8) is 0 Å². The third kappa shape index (κ3) is 6.35. The van der Waals surface area contributed by atoms with Crippen molar-refractivity contribution in [3.8, 4) is 0 Å². The number of hydrogen-bond acceptors (Lipinski definition) is 2. The molecule has 0 aromatic carbocycles. The summed E-state index contributed by atoms with van der Waals surface area (Å²) in [4.78, 5) is 6.89. The van der Waals surface area contributed by atoms with Gasteiger partial charge in [0.15, 0.2) is 0 Å². The summed E-state index contributed by atoms with van der Waals surface area (Å²) in [6, 6.07) is 0. The van der Waals surface area contributed by atoms with Crippen LogP contribution in [0.15, 0.2) is 4.99 Å². The van der Waals surface area contributed by atoms with Gasteiger partial charge in [-0.3, -0.25) is 4.53 Å². The van der Waals surface area contributed by atoms with Gasteiger partial charge in [-0.15, -0.1) is 4.65 Å². The number of hydrogen-bond donors (Lipinski definition) is 0. The molecule has 0 N–H and O–H groups in total. The molecule has 0 fully saturated rings. The van der Waals surface area contributed by atoms with E-state index in [-0.39, 0.29) is 0 Å². The molecule has 0 spiro atoms. The predicted molar refractivity (Wildman–Crippen MR) is 81.7 cm³/mol.